The number of carbonyl (C=O) groups is 3. The smallest absolute Gasteiger partial charge is 0.361 e. The molecule has 1 aliphatic rings. The first kappa shape index (κ1) is 19.1. The molecule has 1 N–H and O–H groups in total. The topological polar surface area (TPSA) is 102 Å². The highest BCUT2D eigenvalue weighted by Gasteiger charge is 2.29. The van der Waals surface area contributed by atoms with Crippen LogP contribution in [-0.2, 0) is 24.0 Å². The zero-order valence-corrected chi connectivity index (χ0v) is 14.1. The lowest BCUT2D eigenvalue weighted by atomic mass is 9.87. The SMILES string of the molecule is COC(=O)[C@H]1CC[C@H](ON=C(C(=O)O)C(=O)CC(C)(C)C)CC1. The number of nitrogens with zero attached hydrogens (tertiary/aromatic N) is 1. The van der Waals surface area contributed by atoms with Crippen molar-refractivity contribution in [3.63, 3.8) is 0 Å². The van der Waals surface area contributed by atoms with E-state index in [-0.39, 0.29) is 29.8 Å². The van der Waals surface area contributed by atoms with Crippen LogP contribution in [0.3, 0.4) is 0 Å². The normalized spacial score (nSPS) is 22.3. The zero-order chi connectivity index (χ0) is 17.6. The third kappa shape index (κ3) is 6.38. The number of carboxylic acids is 1. The number of oxime groups is 1. The van der Waals surface area contributed by atoms with Crippen LogP contribution in [0.2, 0.25) is 0 Å². The molecule has 0 radical (unpaired) electrons. The van der Waals surface area contributed by atoms with Crippen LogP contribution in [0.25, 0.3) is 0 Å². The fraction of sp³-hybridized carbons (Fsp3) is 0.750. The lowest BCUT2D eigenvalue weighted by Gasteiger charge is -2.25. The van der Waals surface area contributed by atoms with Crippen molar-refractivity contribution in [3.8, 4) is 0 Å². The molecule has 0 amide bonds. The maximum Gasteiger partial charge on any atom is 0.361 e. The van der Waals surface area contributed by atoms with Gasteiger partial charge in [-0.15, -0.1) is 0 Å². The van der Waals surface area contributed by atoms with E-state index in [9.17, 15) is 14.4 Å². The molecule has 1 rings (SSSR count). The van der Waals surface area contributed by atoms with Crippen molar-refractivity contribution in [2.45, 2.75) is 59.0 Å². The number of esters is 1. The van der Waals surface area contributed by atoms with Crippen molar-refractivity contribution in [3.05, 3.63) is 0 Å². The van der Waals surface area contributed by atoms with Gasteiger partial charge in [-0.25, -0.2) is 4.79 Å². The third-order valence-corrected chi connectivity index (χ3v) is 3.66. The number of rotatable bonds is 6. The first-order valence-electron chi connectivity index (χ1n) is 7.72. The number of aliphatic carboxylic acids is 1. The van der Waals surface area contributed by atoms with Gasteiger partial charge in [-0.1, -0.05) is 25.9 Å². The molecule has 7 heteroatoms. The van der Waals surface area contributed by atoms with Crippen LogP contribution in [0, 0.1) is 11.3 Å². The van der Waals surface area contributed by atoms with E-state index in [1.807, 2.05) is 20.8 Å². The van der Waals surface area contributed by atoms with Gasteiger partial charge in [0, 0.05) is 6.42 Å². The Hall–Kier alpha value is -1.92. The summed E-state index contributed by atoms with van der Waals surface area (Å²) >= 11 is 0. The molecule has 0 saturated heterocycles. The Bertz CT molecular complexity index is 483. The summed E-state index contributed by atoms with van der Waals surface area (Å²) < 4.78 is 4.70. The van der Waals surface area contributed by atoms with Crippen LogP contribution in [0.4, 0.5) is 0 Å². The van der Waals surface area contributed by atoms with Gasteiger partial charge >= 0.3 is 11.9 Å². The zero-order valence-electron chi connectivity index (χ0n) is 14.1. The van der Waals surface area contributed by atoms with Crippen molar-refractivity contribution in [1.82, 2.24) is 0 Å². The summed E-state index contributed by atoms with van der Waals surface area (Å²) in [7, 11) is 1.36. The maximum absolute atomic E-state index is 12.0. The summed E-state index contributed by atoms with van der Waals surface area (Å²) in [5.41, 5.74) is -0.902. The summed E-state index contributed by atoms with van der Waals surface area (Å²) in [6.07, 6.45) is 2.15. The Labute approximate surface area is 136 Å². The van der Waals surface area contributed by atoms with Crippen LogP contribution in [-0.4, -0.2) is 41.8 Å². The molecular formula is C16H25NO6. The highest BCUT2D eigenvalue weighted by molar-refractivity contribution is 6.63. The van der Waals surface area contributed by atoms with Gasteiger partial charge < -0.3 is 14.7 Å². The number of ketones is 1. The molecule has 1 fully saturated rings. The van der Waals surface area contributed by atoms with Crippen molar-refractivity contribution in [1.29, 1.82) is 0 Å². The standard InChI is InChI=1S/C16H25NO6/c1-16(2,3)9-12(18)13(14(19)20)17-23-11-7-5-10(6-8-11)15(21)22-4/h10-11H,5-9H2,1-4H3,(H,19,20)/t10-,11-. The van der Waals surface area contributed by atoms with E-state index in [1.165, 1.54) is 7.11 Å². The van der Waals surface area contributed by atoms with E-state index in [1.54, 1.807) is 0 Å². The summed E-state index contributed by atoms with van der Waals surface area (Å²) in [4.78, 5) is 39.9. The first-order valence-corrected chi connectivity index (χ1v) is 7.72. The molecule has 1 aliphatic carbocycles. The average Bonchev–Trinajstić information content (AvgIpc) is 2.45. The number of Topliss-reactive ketones (excluding diaryl/α,β-unsaturated/α-hetero) is 1. The van der Waals surface area contributed by atoms with Crippen molar-refractivity contribution < 1.29 is 29.1 Å². The van der Waals surface area contributed by atoms with E-state index in [0.29, 0.717) is 25.7 Å². The Morgan fingerprint density at radius 3 is 2.13 bits per heavy atom. The molecule has 0 aromatic heterocycles. The minimum Gasteiger partial charge on any atom is -0.476 e. The van der Waals surface area contributed by atoms with Gasteiger partial charge in [0.25, 0.3) is 0 Å². The van der Waals surface area contributed by atoms with Crippen LogP contribution in [0.1, 0.15) is 52.9 Å². The summed E-state index contributed by atoms with van der Waals surface area (Å²) in [6.45, 7) is 5.54. The number of methoxy groups -OCH3 is 1. The molecule has 0 heterocycles. The molecule has 0 bridgehead atoms. The molecular weight excluding hydrogens is 302 g/mol. The van der Waals surface area contributed by atoms with Gasteiger partial charge in [-0.3, -0.25) is 9.59 Å². The number of hydrogen-bond donors (Lipinski definition) is 1. The largest absolute Gasteiger partial charge is 0.476 e. The van der Waals surface area contributed by atoms with Crippen LogP contribution < -0.4 is 0 Å². The van der Waals surface area contributed by atoms with Gasteiger partial charge in [0.2, 0.25) is 5.71 Å². The number of carbonyl (C=O) groups excluding carboxylic acids is 2. The Kier molecular flexibility index (Phi) is 6.72. The number of ether oxygens (including phenoxy) is 1. The second kappa shape index (κ2) is 8.08. The molecule has 0 aromatic rings. The van der Waals surface area contributed by atoms with E-state index >= 15 is 0 Å². The quantitative estimate of drug-likeness (QED) is 0.347. The summed E-state index contributed by atoms with van der Waals surface area (Å²) in [5.74, 6) is -2.32. The molecule has 0 spiro atoms. The predicted octanol–water partition coefficient (Wildman–Crippen LogP) is 2.18. The van der Waals surface area contributed by atoms with Gasteiger partial charge in [0.1, 0.15) is 6.10 Å². The van der Waals surface area contributed by atoms with Gasteiger partial charge in [0.15, 0.2) is 5.78 Å². The highest BCUT2D eigenvalue weighted by Crippen LogP contribution is 2.27. The molecule has 0 aliphatic heterocycles. The predicted molar refractivity (Wildman–Crippen MR) is 83.0 cm³/mol. The van der Waals surface area contributed by atoms with Crippen LogP contribution in [0.5, 0.6) is 0 Å². The fourth-order valence-corrected chi connectivity index (χ4v) is 2.47. The molecule has 0 unspecified atom stereocenters. The Morgan fingerprint density at radius 2 is 1.70 bits per heavy atom. The molecule has 0 aromatic carbocycles. The van der Waals surface area contributed by atoms with Gasteiger partial charge in [-0.2, -0.15) is 0 Å². The number of carboxylic acid groups (broad SMARTS) is 1. The van der Waals surface area contributed by atoms with Crippen LogP contribution in [0.15, 0.2) is 5.16 Å². The first-order chi connectivity index (χ1) is 10.6. The minimum absolute atomic E-state index is 0.0799. The minimum atomic E-state index is -1.39. The van der Waals surface area contributed by atoms with Gasteiger partial charge in [0.05, 0.1) is 13.0 Å². The van der Waals surface area contributed by atoms with Crippen molar-refractivity contribution in [2.75, 3.05) is 7.11 Å². The molecule has 7 nitrogen and oxygen atoms in total. The lowest BCUT2D eigenvalue weighted by Crippen LogP contribution is -2.30. The van der Waals surface area contributed by atoms with Crippen LogP contribution >= 0.6 is 0 Å². The van der Waals surface area contributed by atoms with Crippen molar-refractivity contribution >= 4 is 23.4 Å². The van der Waals surface area contributed by atoms with E-state index in [0.717, 1.165) is 0 Å². The second-order valence-electron chi connectivity index (χ2n) is 7.01. The lowest BCUT2D eigenvalue weighted by molar-refractivity contribution is -0.147. The fourth-order valence-electron chi connectivity index (χ4n) is 2.47. The Balaban J connectivity index is 2.61. The average molecular weight is 327 g/mol. The second-order valence-corrected chi connectivity index (χ2v) is 7.01. The summed E-state index contributed by atoms with van der Waals surface area (Å²) in [5, 5.41) is 12.7. The highest BCUT2D eigenvalue weighted by atomic mass is 16.6. The molecule has 0 atom stereocenters. The number of hydrogen-bond acceptors (Lipinski definition) is 6. The van der Waals surface area contributed by atoms with E-state index in [4.69, 9.17) is 14.7 Å². The van der Waals surface area contributed by atoms with E-state index in [2.05, 4.69) is 5.16 Å². The monoisotopic (exact) mass is 327 g/mol. The third-order valence-electron chi connectivity index (χ3n) is 3.66. The van der Waals surface area contributed by atoms with Crippen molar-refractivity contribution in [2.24, 2.45) is 16.5 Å². The Morgan fingerprint density at radius 1 is 1.13 bits per heavy atom. The van der Waals surface area contributed by atoms with Gasteiger partial charge in [-0.05, 0) is 31.1 Å². The molecule has 130 valence electrons. The molecule has 23 heavy (non-hydrogen) atoms. The molecule has 1 saturated carbocycles. The van der Waals surface area contributed by atoms with E-state index < -0.39 is 17.5 Å². The maximum atomic E-state index is 12.0. The summed E-state index contributed by atoms with van der Waals surface area (Å²) in [6, 6.07) is 0.